The first-order chi connectivity index (χ1) is 14.3. The summed E-state index contributed by atoms with van der Waals surface area (Å²) < 4.78 is 5.28. The van der Waals surface area contributed by atoms with E-state index in [0.29, 0.717) is 22.5 Å². The summed E-state index contributed by atoms with van der Waals surface area (Å²) in [5, 5.41) is 13.6. The number of amides is 1. The first kappa shape index (κ1) is 22.3. The molecule has 0 saturated carbocycles. The minimum Gasteiger partial charge on any atom is -0.394 e. The lowest BCUT2D eigenvalue weighted by atomic mass is 9.98. The number of H-pyrrole nitrogens is 1. The van der Waals surface area contributed by atoms with Crippen LogP contribution in [0.4, 0.5) is 0 Å². The van der Waals surface area contributed by atoms with Gasteiger partial charge in [-0.2, -0.15) is 0 Å². The quantitative estimate of drug-likeness (QED) is 0.461. The normalized spacial score (nSPS) is 12.1. The van der Waals surface area contributed by atoms with Gasteiger partial charge in [0.1, 0.15) is 10.8 Å². The fourth-order valence-corrected chi connectivity index (χ4v) is 3.89. The fourth-order valence-electron chi connectivity index (χ4n) is 3.53. The molecule has 0 aliphatic heterocycles. The van der Waals surface area contributed by atoms with Gasteiger partial charge in [-0.25, -0.2) is 4.98 Å². The average Bonchev–Trinajstić information content (AvgIpc) is 3.01. The van der Waals surface area contributed by atoms with Crippen LogP contribution in [-0.4, -0.2) is 34.7 Å². The minimum absolute atomic E-state index is 0.254. The molecule has 0 radical (unpaired) electrons. The average molecular weight is 448 g/mol. The van der Waals surface area contributed by atoms with Crippen LogP contribution in [0.1, 0.15) is 38.9 Å². The molecule has 0 aliphatic carbocycles. The zero-order valence-corrected chi connectivity index (χ0v) is 18.4. The summed E-state index contributed by atoms with van der Waals surface area (Å²) >= 11 is 12.2. The van der Waals surface area contributed by atoms with E-state index >= 15 is 0 Å². The highest BCUT2D eigenvalue weighted by atomic mass is 35.5. The summed E-state index contributed by atoms with van der Waals surface area (Å²) in [6, 6.07) is 8.23. The van der Waals surface area contributed by atoms with Gasteiger partial charge in [-0.15, -0.1) is 0 Å². The van der Waals surface area contributed by atoms with Gasteiger partial charge in [0, 0.05) is 35.2 Å². The van der Waals surface area contributed by atoms with Crippen LogP contribution >= 0.6 is 23.2 Å². The number of halogens is 2. The molecule has 2 aromatic heterocycles. The van der Waals surface area contributed by atoms with Crippen molar-refractivity contribution < 1.29 is 14.6 Å². The predicted octanol–water partition coefficient (Wildman–Crippen LogP) is 4.61. The molecule has 3 N–H and O–H groups in total. The van der Waals surface area contributed by atoms with E-state index < -0.39 is 6.04 Å². The molecule has 1 amide bonds. The Morgan fingerprint density at radius 2 is 2.07 bits per heavy atom. The van der Waals surface area contributed by atoms with Crippen molar-refractivity contribution >= 4 is 29.1 Å². The molecule has 158 valence electrons. The van der Waals surface area contributed by atoms with Gasteiger partial charge in [0.05, 0.1) is 19.3 Å². The summed E-state index contributed by atoms with van der Waals surface area (Å²) in [5.74, 6) is -0.325. The van der Waals surface area contributed by atoms with Crippen molar-refractivity contribution in [3.63, 3.8) is 0 Å². The van der Waals surface area contributed by atoms with Crippen molar-refractivity contribution in [1.29, 1.82) is 0 Å². The number of aromatic amines is 1. The van der Waals surface area contributed by atoms with Gasteiger partial charge in [-0.05, 0) is 48.7 Å². The van der Waals surface area contributed by atoms with Crippen LogP contribution in [0.25, 0.3) is 11.1 Å². The Kier molecular flexibility index (Phi) is 7.15. The van der Waals surface area contributed by atoms with E-state index in [0.717, 1.165) is 33.5 Å². The zero-order chi connectivity index (χ0) is 21.8. The highest BCUT2D eigenvalue weighted by Crippen LogP contribution is 2.34. The Morgan fingerprint density at radius 1 is 1.30 bits per heavy atom. The molecule has 0 fully saturated rings. The van der Waals surface area contributed by atoms with E-state index in [4.69, 9.17) is 27.9 Å². The number of benzene rings is 1. The maximum atomic E-state index is 13.0. The SMILES string of the molecule is COCc1cnc(Cl)cc1-c1c(C)[nH]c(C(=O)N[C@H](CO)c2cccc(Cl)c2)c1C. The molecule has 30 heavy (non-hydrogen) atoms. The molecule has 0 unspecified atom stereocenters. The summed E-state index contributed by atoms with van der Waals surface area (Å²) in [7, 11) is 1.61. The second-order valence-electron chi connectivity index (χ2n) is 6.99. The van der Waals surface area contributed by atoms with Crippen molar-refractivity contribution in [2.75, 3.05) is 13.7 Å². The largest absolute Gasteiger partial charge is 0.394 e. The van der Waals surface area contributed by atoms with Crippen LogP contribution in [0.5, 0.6) is 0 Å². The van der Waals surface area contributed by atoms with Gasteiger partial charge in [-0.1, -0.05) is 35.3 Å². The predicted molar refractivity (Wildman–Crippen MR) is 118 cm³/mol. The number of aryl methyl sites for hydroxylation is 1. The lowest BCUT2D eigenvalue weighted by Crippen LogP contribution is -2.31. The second-order valence-corrected chi connectivity index (χ2v) is 7.81. The third-order valence-electron chi connectivity index (χ3n) is 4.93. The molecule has 0 bridgehead atoms. The van der Waals surface area contributed by atoms with Gasteiger partial charge in [0.2, 0.25) is 0 Å². The van der Waals surface area contributed by atoms with Crippen LogP contribution in [0.3, 0.4) is 0 Å². The first-order valence-electron chi connectivity index (χ1n) is 9.35. The van der Waals surface area contributed by atoms with Crippen molar-refractivity contribution in [1.82, 2.24) is 15.3 Å². The van der Waals surface area contributed by atoms with Crippen LogP contribution in [0.15, 0.2) is 36.5 Å². The summed E-state index contributed by atoms with van der Waals surface area (Å²) in [4.78, 5) is 20.3. The zero-order valence-electron chi connectivity index (χ0n) is 16.9. The standard InChI is InChI=1S/C22H23Cl2N3O3/c1-12-20(17-8-19(24)25-9-15(17)11-30-3)13(2)26-21(12)22(29)27-18(10-28)14-5-4-6-16(23)7-14/h4-9,18,26,28H,10-11H2,1-3H3,(H,27,29)/t18-/m1/s1. The van der Waals surface area contributed by atoms with Crippen molar-refractivity contribution in [3.8, 4) is 11.1 Å². The number of hydrogen-bond donors (Lipinski definition) is 3. The van der Waals surface area contributed by atoms with E-state index in [1.54, 1.807) is 43.6 Å². The Bertz CT molecular complexity index is 1070. The Balaban J connectivity index is 1.96. The van der Waals surface area contributed by atoms with E-state index in [9.17, 15) is 9.90 Å². The second kappa shape index (κ2) is 9.62. The van der Waals surface area contributed by atoms with Gasteiger partial charge in [0.15, 0.2) is 0 Å². The fraction of sp³-hybridized carbons (Fsp3) is 0.273. The Morgan fingerprint density at radius 3 is 2.73 bits per heavy atom. The lowest BCUT2D eigenvalue weighted by molar-refractivity contribution is 0.0911. The summed E-state index contributed by atoms with van der Waals surface area (Å²) in [6.45, 7) is 3.87. The molecule has 2 heterocycles. The number of ether oxygens (including phenoxy) is 1. The van der Waals surface area contributed by atoms with Crippen LogP contribution < -0.4 is 5.32 Å². The number of methoxy groups -OCH3 is 1. The minimum atomic E-state index is -0.581. The molecule has 1 atom stereocenters. The van der Waals surface area contributed by atoms with Gasteiger partial charge >= 0.3 is 0 Å². The summed E-state index contributed by atoms with van der Waals surface area (Å²) in [5.41, 5.74) is 5.33. The number of nitrogens with zero attached hydrogens (tertiary/aromatic N) is 1. The van der Waals surface area contributed by atoms with Crippen LogP contribution in [0, 0.1) is 13.8 Å². The molecule has 0 spiro atoms. The maximum Gasteiger partial charge on any atom is 0.268 e. The molecular formula is C22H23Cl2N3O3. The Hall–Kier alpha value is -2.38. The van der Waals surface area contributed by atoms with Gasteiger partial charge < -0.3 is 20.1 Å². The number of aliphatic hydroxyl groups excluding tert-OH is 1. The summed E-state index contributed by atoms with van der Waals surface area (Å²) in [6.07, 6.45) is 1.67. The maximum absolute atomic E-state index is 13.0. The van der Waals surface area contributed by atoms with Crippen LogP contribution in [0.2, 0.25) is 10.2 Å². The number of rotatable bonds is 7. The third kappa shape index (κ3) is 4.68. The molecule has 0 saturated heterocycles. The molecule has 3 rings (SSSR count). The van der Waals surface area contributed by atoms with Crippen LogP contribution in [-0.2, 0) is 11.3 Å². The number of pyridine rings is 1. The van der Waals surface area contributed by atoms with E-state index in [2.05, 4.69) is 15.3 Å². The number of carbonyl (C=O) groups excluding carboxylic acids is 1. The third-order valence-corrected chi connectivity index (χ3v) is 5.37. The molecule has 3 aromatic rings. The van der Waals surface area contributed by atoms with Crippen molar-refractivity contribution in [2.24, 2.45) is 0 Å². The highest BCUT2D eigenvalue weighted by Gasteiger charge is 2.23. The van der Waals surface area contributed by atoms with E-state index in [1.807, 2.05) is 13.8 Å². The number of hydrogen-bond acceptors (Lipinski definition) is 4. The number of carbonyl (C=O) groups is 1. The smallest absolute Gasteiger partial charge is 0.268 e. The first-order valence-corrected chi connectivity index (χ1v) is 10.1. The number of nitrogens with one attached hydrogen (secondary N) is 2. The monoisotopic (exact) mass is 447 g/mol. The molecular weight excluding hydrogens is 425 g/mol. The van der Waals surface area contributed by atoms with E-state index in [-0.39, 0.29) is 12.5 Å². The number of aromatic nitrogens is 2. The molecule has 6 nitrogen and oxygen atoms in total. The van der Waals surface area contributed by atoms with Crippen molar-refractivity contribution in [3.05, 3.63) is 74.8 Å². The van der Waals surface area contributed by atoms with Gasteiger partial charge in [0.25, 0.3) is 5.91 Å². The molecule has 8 heteroatoms. The Labute approximate surface area is 185 Å². The lowest BCUT2D eigenvalue weighted by Gasteiger charge is -2.17. The highest BCUT2D eigenvalue weighted by molar-refractivity contribution is 6.30. The molecule has 1 aromatic carbocycles. The number of aliphatic hydroxyl groups is 1. The van der Waals surface area contributed by atoms with Gasteiger partial charge in [-0.3, -0.25) is 4.79 Å². The molecule has 0 aliphatic rings. The van der Waals surface area contributed by atoms with E-state index in [1.165, 1.54) is 0 Å². The topological polar surface area (TPSA) is 87.2 Å². The van der Waals surface area contributed by atoms with Crippen molar-refractivity contribution in [2.45, 2.75) is 26.5 Å².